The van der Waals surface area contributed by atoms with Gasteiger partial charge in [0.2, 0.25) is 9.05 Å². The monoisotopic (exact) mass is 206 g/mol. The summed E-state index contributed by atoms with van der Waals surface area (Å²) in [6.45, 7) is 1.44. The molecule has 0 fully saturated rings. The van der Waals surface area contributed by atoms with E-state index in [4.69, 9.17) is 10.7 Å². The molecule has 10 heavy (non-hydrogen) atoms. The van der Waals surface area contributed by atoms with Crippen LogP contribution < -0.4 is 0 Å². The number of halogens is 1. The number of rotatable bonds is 3. The Morgan fingerprint density at radius 1 is 1.50 bits per heavy atom. The molecule has 4 nitrogen and oxygen atoms in total. The normalized spacial score (nSPS) is 15.5. The fourth-order valence-corrected chi connectivity index (χ4v) is 2.93. The van der Waals surface area contributed by atoms with Crippen LogP contribution in [0.1, 0.15) is 13.3 Å². The van der Waals surface area contributed by atoms with Gasteiger partial charge in [0.05, 0.1) is 0 Å². The third-order valence-corrected chi connectivity index (χ3v) is 5.10. The minimum atomic E-state index is -3.94. The van der Waals surface area contributed by atoms with Gasteiger partial charge < -0.3 is 0 Å². The molecule has 0 aromatic heterocycles. The first-order chi connectivity index (χ1) is 4.39. The van der Waals surface area contributed by atoms with E-state index in [1.807, 2.05) is 0 Å². The van der Waals surface area contributed by atoms with Gasteiger partial charge in [0.25, 0.3) is 0 Å². The van der Waals surface area contributed by atoms with Crippen molar-refractivity contribution < 1.29 is 16.8 Å². The first-order valence-electron chi connectivity index (χ1n) is 2.46. The molecule has 0 aliphatic rings. The summed E-state index contributed by atoms with van der Waals surface area (Å²) < 4.78 is 39.6. The van der Waals surface area contributed by atoms with Crippen molar-refractivity contribution in [2.45, 2.75) is 17.9 Å². The molecule has 1 atom stereocenters. The molecular weight excluding hydrogens is 200 g/mol. The van der Waals surface area contributed by atoms with E-state index in [9.17, 15) is 16.8 Å². The van der Waals surface area contributed by atoms with Crippen molar-refractivity contribution in [1.29, 1.82) is 0 Å². The van der Waals surface area contributed by atoms with Crippen molar-refractivity contribution in [2.75, 3.05) is 0 Å². The summed E-state index contributed by atoms with van der Waals surface area (Å²) in [4.78, 5) is 0. The second-order valence-electron chi connectivity index (χ2n) is 1.62. The summed E-state index contributed by atoms with van der Waals surface area (Å²) in [5.41, 5.74) is 0. The molecule has 7 heteroatoms. The van der Waals surface area contributed by atoms with Gasteiger partial charge in [0, 0.05) is 10.7 Å². The average Bonchev–Trinajstić information content (AvgIpc) is 1.60. The van der Waals surface area contributed by atoms with Crippen molar-refractivity contribution in [2.24, 2.45) is 0 Å². The Morgan fingerprint density at radius 2 is 1.90 bits per heavy atom. The Kier molecular flexibility index (Phi) is 3.61. The SMILES string of the molecule is CCC([SH](=O)=O)S(=O)(=O)Cl. The summed E-state index contributed by atoms with van der Waals surface area (Å²) in [7, 11) is -2.13. The predicted octanol–water partition coefficient (Wildman–Crippen LogP) is -0.0975. The Labute approximate surface area is 65.6 Å². The smallest absolute Gasteiger partial charge is 0.230 e. The van der Waals surface area contributed by atoms with Crippen molar-refractivity contribution >= 4 is 30.4 Å². The Hall–Kier alpha value is 0.190. The first kappa shape index (κ1) is 10.2. The third-order valence-electron chi connectivity index (χ3n) is 0.909. The quantitative estimate of drug-likeness (QED) is 0.518. The molecule has 0 N–H and O–H groups in total. The molecule has 0 heterocycles. The second kappa shape index (κ2) is 3.54. The van der Waals surface area contributed by atoms with Crippen molar-refractivity contribution in [1.82, 2.24) is 0 Å². The Balaban J connectivity index is 4.72. The van der Waals surface area contributed by atoms with E-state index in [-0.39, 0.29) is 6.42 Å². The van der Waals surface area contributed by atoms with Gasteiger partial charge in [-0.05, 0) is 6.42 Å². The summed E-state index contributed by atoms with van der Waals surface area (Å²) in [5, 5.41) is 0. The van der Waals surface area contributed by atoms with E-state index in [2.05, 4.69) is 0 Å². The zero-order valence-corrected chi connectivity index (χ0v) is 7.62. The van der Waals surface area contributed by atoms with Gasteiger partial charge in [-0.1, -0.05) is 6.92 Å². The zero-order chi connectivity index (χ0) is 8.36. The van der Waals surface area contributed by atoms with Gasteiger partial charge in [-0.3, -0.25) is 0 Å². The Morgan fingerprint density at radius 3 is 1.90 bits per heavy atom. The van der Waals surface area contributed by atoms with E-state index in [1.165, 1.54) is 6.92 Å². The lowest BCUT2D eigenvalue weighted by molar-refractivity contribution is 0.591. The van der Waals surface area contributed by atoms with Crippen LogP contribution in [-0.2, 0) is 19.8 Å². The summed E-state index contributed by atoms with van der Waals surface area (Å²) in [6, 6.07) is 0. The maximum Gasteiger partial charge on any atom is 0.249 e. The highest BCUT2D eigenvalue weighted by Gasteiger charge is 2.23. The van der Waals surface area contributed by atoms with Gasteiger partial charge in [0.15, 0.2) is 15.3 Å². The van der Waals surface area contributed by atoms with Gasteiger partial charge in [-0.15, -0.1) is 0 Å². The van der Waals surface area contributed by atoms with E-state index in [0.717, 1.165) is 0 Å². The maximum absolute atomic E-state index is 10.4. The van der Waals surface area contributed by atoms with Crippen LogP contribution in [0.5, 0.6) is 0 Å². The lowest BCUT2D eigenvalue weighted by Crippen LogP contribution is -2.16. The van der Waals surface area contributed by atoms with Gasteiger partial charge >= 0.3 is 0 Å². The average molecular weight is 207 g/mol. The molecule has 1 unspecified atom stereocenters. The van der Waals surface area contributed by atoms with Crippen LogP contribution >= 0.6 is 10.7 Å². The number of thiol groups is 1. The fraction of sp³-hybridized carbons (Fsp3) is 1.00. The van der Waals surface area contributed by atoms with Crippen LogP contribution in [0.15, 0.2) is 0 Å². The second-order valence-corrected chi connectivity index (χ2v) is 5.98. The minimum Gasteiger partial charge on any atom is -0.230 e. The van der Waals surface area contributed by atoms with Crippen LogP contribution in [0, 0.1) is 0 Å². The van der Waals surface area contributed by atoms with E-state index in [0.29, 0.717) is 0 Å². The highest BCUT2D eigenvalue weighted by atomic mass is 35.7. The molecule has 0 aromatic carbocycles. The molecule has 0 aromatic rings. The molecule has 0 aliphatic heterocycles. The molecule has 62 valence electrons. The molecule has 0 saturated carbocycles. The van der Waals surface area contributed by atoms with Crippen molar-refractivity contribution in [3.63, 3.8) is 0 Å². The number of hydrogen-bond acceptors (Lipinski definition) is 4. The lowest BCUT2D eigenvalue weighted by Gasteiger charge is -1.99. The minimum absolute atomic E-state index is 0.00939. The molecule has 0 saturated heterocycles. The molecule has 0 aliphatic carbocycles. The van der Waals surface area contributed by atoms with E-state index >= 15 is 0 Å². The fourth-order valence-electron chi connectivity index (χ4n) is 0.451. The topological polar surface area (TPSA) is 68.3 Å². The van der Waals surface area contributed by atoms with E-state index < -0.39 is 24.3 Å². The van der Waals surface area contributed by atoms with Crippen LogP contribution in [0.2, 0.25) is 0 Å². The molecule has 0 rings (SSSR count). The van der Waals surface area contributed by atoms with Crippen LogP contribution in [0.4, 0.5) is 0 Å². The molecule has 0 bridgehead atoms. The first-order valence-corrected chi connectivity index (χ1v) is 6.08. The highest BCUT2D eigenvalue weighted by molar-refractivity contribution is 8.19. The summed E-state index contributed by atoms with van der Waals surface area (Å²) in [5.74, 6) is 0. The van der Waals surface area contributed by atoms with Gasteiger partial charge in [0.1, 0.15) is 0 Å². The maximum atomic E-state index is 10.4. The van der Waals surface area contributed by atoms with Gasteiger partial charge in [-0.2, -0.15) is 0 Å². The van der Waals surface area contributed by atoms with Crippen molar-refractivity contribution in [3.8, 4) is 0 Å². The molecule has 0 amide bonds. The largest absolute Gasteiger partial charge is 0.249 e. The number of hydrogen-bond donors (Lipinski definition) is 1. The zero-order valence-electron chi connectivity index (χ0n) is 5.15. The van der Waals surface area contributed by atoms with Crippen LogP contribution in [-0.4, -0.2) is 21.4 Å². The third kappa shape index (κ3) is 2.85. The van der Waals surface area contributed by atoms with Crippen LogP contribution in [0.25, 0.3) is 0 Å². The molecule has 0 spiro atoms. The summed E-state index contributed by atoms with van der Waals surface area (Å²) >= 11 is 0. The molecule has 0 radical (unpaired) electrons. The van der Waals surface area contributed by atoms with Crippen molar-refractivity contribution in [3.05, 3.63) is 0 Å². The predicted molar refractivity (Wildman–Crippen MR) is 39.2 cm³/mol. The Bertz CT molecular complexity index is 256. The van der Waals surface area contributed by atoms with Gasteiger partial charge in [-0.25, -0.2) is 16.8 Å². The highest BCUT2D eigenvalue weighted by Crippen LogP contribution is 2.10. The van der Waals surface area contributed by atoms with Crippen LogP contribution in [0.3, 0.4) is 0 Å². The molecular formula is C3H7ClO4S2. The lowest BCUT2D eigenvalue weighted by atomic mass is 10.6. The standard InChI is InChI=1S/C3H7ClO4S2/c1-2-3(9(5)6)10(4,7)8/h3,9H,2H2,1H3. The van der Waals surface area contributed by atoms with E-state index in [1.54, 1.807) is 0 Å². The summed E-state index contributed by atoms with van der Waals surface area (Å²) in [6.07, 6.45) is -0.00939.